The summed E-state index contributed by atoms with van der Waals surface area (Å²) in [4.78, 5) is 11.1. The third-order valence-electron chi connectivity index (χ3n) is 3.09. The number of hydrogen-bond donors (Lipinski definition) is 3. The molecule has 0 aromatic heterocycles. The summed E-state index contributed by atoms with van der Waals surface area (Å²) in [6, 6.07) is 8.73. The lowest BCUT2D eigenvalue weighted by atomic mass is 10.0. The zero-order valence-corrected chi connectivity index (χ0v) is 12.6. The van der Waals surface area contributed by atoms with Gasteiger partial charge >= 0.3 is 5.97 Å². The van der Waals surface area contributed by atoms with Crippen molar-refractivity contribution in [2.24, 2.45) is 0 Å². The van der Waals surface area contributed by atoms with Crippen LogP contribution in [0.15, 0.2) is 30.3 Å². The Balaban J connectivity index is 2.59. The molecule has 114 valence electrons. The first-order valence-corrected chi connectivity index (χ1v) is 7.21. The Morgan fingerprint density at radius 1 is 1.38 bits per heavy atom. The average Bonchev–Trinajstić information content (AvgIpc) is 2.46. The standard InChI is InChI=1S/C17H23NO3/c1-3-4-10-15(16(19)20)18-13-17(2,21)12-11-14-8-6-5-7-9-14/h5-9,15,18,21H,3-4,10,13H2,1-2H3,(H,19,20). The second kappa shape index (κ2) is 8.46. The number of aliphatic carboxylic acids is 1. The summed E-state index contributed by atoms with van der Waals surface area (Å²) in [5.74, 6) is 4.78. The van der Waals surface area contributed by atoms with E-state index in [4.69, 9.17) is 5.11 Å². The Bertz CT molecular complexity index is 500. The van der Waals surface area contributed by atoms with Gasteiger partial charge in [-0.25, -0.2) is 0 Å². The lowest BCUT2D eigenvalue weighted by molar-refractivity contribution is -0.139. The molecule has 21 heavy (non-hydrogen) atoms. The first kappa shape index (κ1) is 17.2. The number of hydrogen-bond acceptors (Lipinski definition) is 3. The third kappa shape index (κ3) is 6.94. The monoisotopic (exact) mass is 289 g/mol. The number of rotatable bonds is 7. The van der Waals surface area contributed by atoms with Gasteiger partial charge in [-0.3, -0.25) is 4.79 Å². The molecule has 0 bridgehead atoms. The number of benzene rings is 1. The SMILES string of the molecule is CCCCC(NCC(C)(O)C#Cc1ccccc1)C(=O)O. The zero-order chi connectivity index (χ0) is 15.7. The van der Waals surface area contributed by atoms with Gasteiger partial charge in [0.05, 0.1) is 0 Å². The molecule has 1 aromatic carbocycles. The van der Waals surface area contributed by atoms with E-state index in [1.807, 2.05) is 37.3 Å². The van der Waals surface area contributed by atoms with Gasteiger partial charge in [-0.05, 0) is 25.5 Å². The minimum absolute atomic E-state index is 0.119. The minimum atomic E-state index is -1.27. The highest BCUT2D eigenvalue weighted by atomic mass is 16.4. The molecular formula is C17H23NO3. The fraction of sp³-hybridized carbons (Fsp3) is 0.471. The molecule has 0 amide bonds. The summed E-state index contributed by atoms with van der Waals surface area (Å²) in [5, 5.41) is 22.2. The van der Waals surface area contributed by atoms with Crippen molar-refractivity contribution in [3.05, 3.63) is 35.9 Å². The Labute approximate surface area is 126 Å². The first-order chi connectivity index (χ1) is 9.94. The van der Waals surface area contributed by atoms with Crippen molar-refractivity contribution in [2.45, 2.75) is 44.8 Å². The molecule has 4 heteroatoms. The molecule has 4 nitrogen and oxygen atoms in total. The van der Waals surface area contributed by atoms with Gasteiger partial charge in [-0.2, -0.15) is 0 Å². The summed E-state index contributed by atoms with van der Waals surface area (Å²) in [7, 11) is 0. The van der Waals surface area contributed by atoms with Gasteiger partial charge in [0.15, 0.2) is 0 Å². The smallest absolute Gasteiger partial charge is 0.320 e. The number of unbranched alkanes of at least 4 members (excludes halogenated alkanes) is 1. The third-order valence-corrected chi connectivity index (χ3v) is 3.09. The summed E-state index contributed by atoms with van der Waals surface area (Å²) in [6.45, 7) is 3.71. The molecule has 1 aromatic rings. The summed E-state index contributed by atoms with van der Waals surface area (Å²) in [5.41, 5.74) is -0.450. The topological polar surface area (TPSA) is 69.6 Å². The largest absolute Gasteiger partial charge is 0.480 e. The highest BCUT2D eigenvalue weighted by molar-refractivity contribution is 5.73. The fourth-order valence-electron chi connectivity index (χ4n) is 1.82. The van der Waals surface area contributed by atoms with E-state index in [1.54, 1.807) is 6.92 Å². The van der Waals surface area contributed by atoms with E-state index in [-0.39, 0.29) is 6.54 Å². The molecule has 2 unspecified atom stereocenters. The van der Waals surface area contributed by atoms with Crippen LogP contribution in [0.3, 0.4) is 0 Å². The van der Waals surface area contributed by atoms with Crippen LogP contribution in [0.1, 0.15) is 38.7 Å². The summed E-state index contributed by atoms with van der Waals surface area (Å²) >= 11 is 0. The van der Waals surface area contributed by atoms with Gasteiger partial charge in [-0.1, -0.05) is 49.8 Å². The van der Waals surface area contributed by atoms with Crippen LogP contribution in [0, 0.1) is 11.8 Å². The Kier molecular flexibility index (Phi) is 6.93. The number of carboxylic acids is 1. The van der Waals surface area contributed by atoms with Crippen LogP contribution in [-0.4, -0.2) is 34.4 Å². The zero-order valence-electron chi connectivity index (χ0n) is 12.6. The maximum absolute atomic E-state index is 11.1. The first-order valence-electron chi connectivity index (χ1n) is 7.21. The minimum Gasteiger partial charge on any atom is -0.480 e. The molecule has 0 aliphatic rings. The van der Waals surface area contributed by atoms with Crippen molar-refractivity contribution < 1.29 is 15.0 Å². The highest BCUT2D eigenvalue weighted by Gasteiger charge is 2.22. The molecule has 1 rings (SSSR count). The number of aliphatic hydroxyl groups is 1. The lowest BCUT2D eigenvalue weighted by Crippen LogP contribution is -2.45. The van der Waals surface area contributed by atoms with E-state index in [0.717, 1.165) is 18.4 Å². The molecule has 0 radical (unpaired) electrons. The van der Waals surface area contributed by atoms with Gasteiger partial charge in [-0.15, -0.1) is 0 Å². The van der Waals surface area contributed by atoms with Crippen molar-refractivity contribution in [3.63, 3.8) is 0 Å². The fourth-order valence-corrected chi connectivity index (χ4v) is 1.82. The van der Waals surface area contributed by atoms with Gasteiger partial charge in [0, 0.05) is 12.1 Å². The second-order valence-corrected chi connectivity index (χ2v) is 5.30. The second-order valence-electron chi connectivity index (χ2n) is 5.30. The molecular weight excluding hydrogens is 266 g/mol. The van der Waals surface area contributed by atoms with Crippen LogP contribution in [0.25, 0.3) is 0 Å². The average molecular weight is 289 g/mol. The molecule has 0 spiro atoms. The molecule has 0 saturated heterocycles. The maximum Gasteiger partial charge on any atom is 0.320 e. The Hall–Kier alpha value is -1.83. The van der Waals surface area contributed by atoms with Gasteiger partial charge < -0.3 is 15.5 Å². The van der Waals surface area contributed by atoms with Crippen LogP contribution in [0.4, 0.5) is 0 Å². The Morgan fingerprint density at radius 3 is 2.62 bits per heavy atom. The maximum atomic E-state index is 11.1. The predicted molar refractivity (Wildman–Crippen MR) is 82.9 cm³/mol. The van der Waals surface area contributed by atoms with E-state index in [0.29, 0.717) is 6.42 Å². The quantitative estimate of drug-likeness (QED) is 0.672. The van der Waals surface area contributed by atoms with Crippen molar-refractivity contribution in [1.82, 2.24) is 5.32 Å². The van der Waals surface area contributed by atoms with Crippen LogP contribution in [0.5, 0.6) is 0 Å². The van der Waals surface area contributed by atoms with Crippen LogP contribution >= 0.6 is 0 Å². The number of carboxylic acid groups (broad SMARTS) is 1. The van der Waals surface area contributed by atoms with Gasteiger partial charge in [0.25, 0.3) is 0 Å². The Morgan fingerprint density at radius 2 is 2.05 bits per heavy atom. The highest BCUT2D eigenvalue weighted by Crippen LogP contribution is 2.05. The molecule has 0 fully saturated rings. The van der Waals surface area contributed by atoms with Crippen molar-refractivity contribution in [2.75, 3.05) is 6.54 Å². The molecule has 2 atom stereocenters. The molecule has 3 N–H and O–H groups in total. The van der Waals surface area contributed by atoms with Crippen LogP contribution < -0.4 is 5.32 Å². The summed E-state index contributed by atoms with van der Waals surface area (Å²) in [6.07, 6.45) is 2.32. The normalized spacial score (nSPS) is 14.6. The summed E-state index contributed by atoms with van der Waals surface area (Å²) < 4.78 is 0. The molecule has 0 saturated carbocycles. The van der Waals surface area contributed by atoms with E-state index in [9.17, 15) is 9.90 Å². The molecule has 0 aliphatic carbocycles. The van der Waals surface area contributed by atoms with Gasteiger partial charge in [0.2, 0.25) is 0 Å². The van der Waals surface area contributed by atoms with Crippen molar-refractivity contribution in [3.8, 4) is 11.8 Å². The van der Waals surface area contributed by atoms with Crippen molar-refractivity contribution in [1.29, 1.82) is 0 Å². The van der Waals surface area contributed by atoms with Crippen LogP contribution in [-0.2, 0) is 4.79 Å². The lowest BCUT2D eigenvalue weighted by Gasteiger charge is -2.21. The van der Waals surface area contributed by atoms with E-state index in [1.165, 1.54) is 0 Å². The van der Waals surface area contributed by atoms with E-state index in [2.05, 4.69) is 17.2 Å². The van der Waals surface area contributed by atoms with Crippen LogP contribution in [0.2, 0.25) is 0 Å². The number of nitrogens with one attached hydrogen (secondary N) is 1. The molecule has 0 heterocycles. The molecule has 0 aliphatic heterocycles. The van der Waals surface area contributed by atoms with Gasteiger partial charge in [0.1, 0.15) is 11.6 Å². The van der Waals surface area contributed by atoms with E-state index >= 15 is 0 Å². The predicted octanol–water partition coefficient (Wildman–Crippen LogP) is 2.02. The number of carbonyl (C=O) groups is 1. The van der Waals surface area contributed by atoms with E-state index < -0.39 is 17.6 Å². The van der Waals surface area contributed by atoms with Crippen molar-refractivity contribution >= 4 is 5.97 Å².